The fraction of sp³-hybridized carbons (Fsp3) is 0.732. The predicted octanol–water partition coefficient (Wildman–Crippen LogP) is 15.8. The van der Waals surface area contributed by atoms with E-state index in [1.807, 2.05) is 62.1 Å². The van der Waals surface area contributed by atoms with Gasteiger partial charge in [-0.25, -0.2) is 9.37 Å². The first-order valence-electron chi connectivity index (χ1n) is 38.9. The number of Topliss-reactive ketones (excluding diaryl/α,β-unsaturated/α-hetero) is 3. The van der Waals surface area contributed by atoms with Crippen molar-refractivity contribution >= 4 is 50.3 Å². The highest BCUT2D eigenvalue weighted by Crippen LogP contribution is 2.68. The molecule has 0 amide bonds. The van der Waals surface area contributed by atoms with Crippen LogP contribution in [0.15, 0.2) is 73.4 Å². The van der Waals surface area contributed by atoms with E-state index in [0.717, 1.165) is 145 Å². The van der Waals surface area contributed by atoms with Crippen LogP contribution >= 0.6 is 0 Å². The number of pyridine rings is 2. The molecule has 0 unspecified atom stereocenters. The first-order chi connectivity index (χ1) is 46.4. The number of nitrogens with zero attached hydrogens (tertiary/aromatic N) is 8. The zero-order valence-electron chi connectivity index (χ0n) is 59.1. The van der Waals surface area contributed by atoms with Crippen LogP contribution < -0.4 is 0 Å². The van der Waals surface area contributed by atoms with E-state index in [4.69, 9.17) is 0 Å². The van der Waals surface area contributed by atoms with Gasteiger partial charge in [-0.05, 0) is 336 Å². The lowest BCUT2D eigenvalue weighted by atomic mass is 9.49. The number of rotatable bonds is 9. The normalized spacial score (nSPS) is 43.2. The van der Waals surface area contributed by atoms with Crippen LogP contribution in [-0.4, -0.2) is 88.8 Å². The SMILES string of the molecule is C[C@@]1(O)CC[C@H]2[C@H](CC[C@@H]3[C@@H]2CC[C@]2(C)[C@@H](C(=O)Cn4cc5ccc(F)cc5n4)CC[C@@H]32)C1.C[C@@]1(O)CC[C@H]2[C@H](CC[C@@H]3[C@@H]2CC[C@]2(C)[C@@H](C(=O)Cn4cc5cccnc5n4)CC[C@@H]32)C1.C[C@@]1(O)CC[C@H]2[C@H](CC[C@@H]3[C@@H]2CC[C@]2(C)[C@@H](C(=O)Cn4ncc5ncccc54)CC[C@@H]32)C1. The van der Waals surface area contributed by atoms with Crippen LogP contribution in [0, 0.1) is 129 Å². The lowest BCUT2D eigenvalue weighted by Gasteiger charge is -2.56. The monoisotopic (exact) mass is 1320 g/mol. The van der Waals surface area contributed by atoms with Crippen LogP contribution in [0.3, 0.4) is 0 Å². The molecule has 97 heavy (non-hydrogen) atoms. The molecule has 24 atom stereocenters. The van der Waals surface area contributed by atoms with Crippen molar-refractivity contribution in [3.8, 4) is 0 Å². The van der Waals surface area contributed by atoms with Crippen molar-refractivity contribution in [2.45, 2.75) is 251 Å². The summed E-state index contributed by atoms with van der Waals surface area (Å²) >= 11 is 0. The Labute approximate surface area is 574 Å². The summed E-state index contributed by atoms with van der Waals surface area (Å²) < 4.78 is 18.9. The fourth-order valence-electron chi connectivity index (χ4n) is 26.8. The van der Waals surface area contributed by atoms with Gasteiger partial charge in [-0.1, -0.05) is 20.8 Å². The molecule has 14 nitrogen and oxygen atoms in total. The summed E-state index contributed by atoms with van der Waals surface area (Å²) in [5, 5.41) is 47.2. The lowest BCUT2D eigenvalue weighted by Crippen LogP contribution is -2.51. The predicted molar refractivity (Wildman–Crippen MR) is 373 cm³/mol. The average Bonchev–Trinajstić information content (AvgIpc) is 1.66. The molecule has 6 aromatic rings. The Hall–Kier alpha value is -5.25. The number of benzene rings is 1. The van der Waals surface area contributed by atoms with Crippen LogP contribution in [0.4, 0.5) is 4.39 Å². The number of carbonyl (C=O) groups is 3. The molecule has 12 saturated carbocycles. The Morgan fingerprint density at radius 2 is 0.887 bits per heavy atom. The first-order valence-corrected chi connectivity index (χ1v) is 38.9. The molecular formula is C82H111FN8O6. The van der Waals surface area contributed by atoms with Crippen molar-refractivity contribution in [3.05, 3.63) is 79.3 Å². The lowest BCUT2D eigenvalue weighted by molar-refractivity contribution is -0.133. The van der Waals surface area contributed by atoms with Crippen LogP contribution in [0.2, 0.25) is 0 Å². The zero-order chi connectivity index (χ0) is 67.1. The molecule has 15 heteroatoms. The number of hydrogen-bond acceptors (Lipinski definition) is 11. The van der Waals surface area contributed by atoms with Crippen molar-refractivity contribution in [2.75, 3.05) is 0 Å². The Bertz CT molecular complexity index is 3880. The van der Waals surface area contributed by atoms with E-state index in [2.05, 4.69) is 46.0 Å². The van der Waals surface area contributed by atoms with Gasteiger partial charge in [-0.2, -0.15) is 15.3 Å². The number of aromatic nitrogens is 8. The Morgan fingerprint density at radius 1 is 0.454 bits per heavy atom. The van der Waals surface area contributed by atoms with Crippen LogP contribution in [0.1, 0.15) is 215 Å². The standard InChI is InChI=1S/C28H37FN2O2.2C27H37N3O2/c1-27(33)11-9-20-17(14-27)4-6-22-21(20)10-12-28(2)23(22)7-8-24(28)26(32)16-31-15-18-3-5-19(29)13-25(18)30-31;1-26(32)11-9-18-17(14-26)5-6-20-19(18)10-12-27(2)21(20)7-8-22(27)25(31)16-30-24-4-3-13-28-23(24)15-29-30;1-26(32)11-9-19-17(14-26)5-6-21-20(19)10-12-27(2)22(21)7-8-23(27)24(31)16-30-15-18-4-3-13-28-25(18)29-30/h3,5,13,15,17,20-24,33H,4,6-12,14,16H2,1-2H3;3-4,13,15,17-22,32H,5-12,14,16H2,1-2H3;3-4,13,15,17,19-23,32H,5-12,14,16H2,1-2H3/t17-,20+,21-,22-,23+,24-,27-,28+;17-,18+,19-,20-,21+,22-,26-,27+;17-,19+,20-,21-,22+,23-,26-,27+/m111/s1. The van der Waals surface area contributed by atoms with Crippen LogP contribution in [0.5, 0.6) is 0 Å². The average molecular weight is 1320 g/mol. The van der Waals surface area contributed by atoms with E-state index in [9.17, 15) is 34.1 Å². The van der Waals surface area contributed by atoms with Gasteiger partial charge < -0.3 is 15.3 Å². The van der Waals surface area contributed by atoms with Gasteiger partial charge in [0, 0.05) is 59.4 Å². The summed E-state index contributed by atoms with van der Waals surface area (Å²) in [5.74, 6) is 12.5. The summed E-state index contributed by atoms with van der Waals surface area (Å²) in [6, 6.07) is 12.5. The second kappa shape index (κ2) is 25.1. The van der Waals surface area contributed by atoms with E-state index in [-0.39, 0.29) is 46.4 Å². The maximum absolute atomic E-state index is 13.6. The van der Waals surface area contributed by atoms with Gasteiger partial charge in [0.15, 0.2) is 23.0 Å². The van der Waals surface area contributed by atoms with Gasteiger partial charge >= 0.3 is 0 Å². The maximum atomic E-state index is 13.6. The molecule has 0 bridgehead atoms. The van der Waals surface area contributed by atoms with Gasteiger partial charge in [0.25, 0.3) is 0 Å². The fourth-order valence-corrected chi connectivity index (χ4v) is 26.8. The first kappa shape index (κ1) is 66.3. The van der Waals surface area contributed by atoms with E-state index >= 15 is 0 Å². The molecular weight excluding hydrogens is 1210 g/mol. The largest absolute Gasteiger partial charge is 0.390 e. The maximum Gasteiger partial charge on any atom is 0.181 e. The minimum Gasteiger partial charge on any atom is -0.390 e. The second-order valence-corrected chi connectivity index (χ2v) is 36.4. The Kier molecular flexibility index (Phi) is 17.1. The molecule has 0 radical (unpaired) electrons. The van der Waals surface area contributed by atoms with Gasteiger partial charge in [0.2, 0.25) is 0 Å². The summed E-state index contributed by atoms with van der Waals surface area (Å²) in [6.45, 7) is 14.4. The summed E-state index contributed by atoms with van der Waals surface area (Å²) in [4.78, 5) is 49.3. The Morgan fingerprint density at radius 3 is 1.37 bits per heavy atom. The molecule has 5 aromatic heterocycles. The molecule has 0 spiro atoms. The van der Waals surface area contributed by atoms with Crippen molar-refractivity contribution < 1.29 is 34.1 Å². The molecule has 12 fully saturated rings. The number of ketones is 3. The van der Waals surface area contributed by atoms with E-state index in [1.54, 1.807) is 34.0 Å². The molecule has 12 aliphatic carbocycles. The highest BCUT2D eigenvalue weighted by atomic mass is 19.1. The summed E-state index contributed by atoms with van der Waals surface area (Å²) in [7, 11) is 0. The molecule has 12 aliphatic rings. The van der Waals surface area contributed by atoms with Crippen molar-refractivity contribution in [1.82, 2.24) is 39.3 Å². The van der Waals surface area contributed by atoms with Crippen molar-refractivity contribution in [1.29, 1.82) is 0 Å². The molecule has 0 aliphatic heterocycles. The molecule has 3 N–H and O–H groups in total. The van der Waals surface area contributed by atoms with Gasteiger partial charge in [-0.3, -0.25) is 33.4 Å². The van der Waals surface area contributed by atoms with Gasteiger partial charge in [0.05, 0.1) is 47.1 Å². The minimum absolute atomic E-state index is 0.101. The number of carbonyl (C=O) groups excluding carboxylic acids is 3. The smallest absolute Gasteiger partial charge is 0.181 e. The van der Waals surface area contributed by atoms with Crippen LogP contribution in [0.25, 0.3) is 33.0 Å². The van der Waals surface area contributed by atoms with E-state index in [0.29, 0.717) is 71.5 Å². The molecule has 5 heterocycles. The topological polar surface area (TPSA) is 191 Å². The second-order valence-electron chi connectivity index (χ2n) is 36.4. The number of halogens is 1. The van der Waals surface area contributed by atoms with Crippen molar-refractivity contribution in [3.63, 3.8) is 0 Å². The van der Waals surface area contributed by atoms with E-state index < -0.39 is 16.8 Å². The van der Waals surface area contributed by atoms with Gasteiger partial charge in [-0.15, -0.1) is 0 Å². The van der Waals surface area contributed by atoms with E-state index in [1.165, 1.54) is 121 Å². The quantitative estimate of drug-likeness (QED) is 0.125. The molecule has 0 saturated heterocycles. The third-order valence-corrected chi connectivity index (χ3v) is 31.1. The zero-order valence-corrected chi connectivity index (χ0v) is 59.1. The van der Waals surface area contributed by atoms with Gasteiger partial charge in [0.1, 0.15) is 17.9 Å². The van der Waals surface area contributed by atoms with Crippen LogP contribution in [-0.2, 0) is 34.0 Å². The minimum atomic E-state index is -0.467. The Balaban J connectivity index is 0.000000114. The van der Waals surface area contributed by atoms with Crippen molar-refractivity contribution in [2.24, 2.45) is 123 Å². The molecule has 18 rings (SSSR count). The number of hydrogen-bond donors (Lipinski definition) is 3. The highest BCUT2D eigenvalue weighted by molar-refractivity contribution is 5.85. The number of aliphatic hydroxyl groups is 3. The summed E-state index contributed by atoms with van der Waals surface area (Å²) in [6.07, 6.45) is 40.3. The highest BCUT2D eigenvalue weighted by Gasteiger charge is 2.62. The summed E-state index contributed by atoms with van der Waals surface area (Å²) in [5.41, 5.74) is 2.18. The molecule has 522 valence electrons. The number of fused-ring (bicyclic) bond motifs is 18. The third kappa shape index (κ3) is 12.0. The molecule has 1 aromatic carbocycles. The third-order valence-electron chi connectivity index (χ3n) is 31.1.